The van der Waals surface area contributed by atoms with Crippen molar-refractivity contribution in [2.45, 2.75) is 110 Å². The third-order valence-electron chi connectivity index (χ3n) is 4.82. The quantitative estimate of drug-likeness (QED) is 0.109. The standard InChI is InChI=1S/C13H24O4.C11H20Cl2O2/c1-5-7-8-16-13(15)10(3)9-12(6-2)17-11(4)14;1-4-6-7-15-10(14)9(3)8-11(12,13)5-2/h10,12H,5-9H2,1-4H3;9H,4-8H2,1-3H3. The summed E-state index contributed by atoms with van der Waals surface area (Å²) < 4.78 is 14.5. The van der Waals surface area contributed by atoms with Crippen LogP contribution in [0.15, 0.2) is 0 Å². The van der Waals surface area contributed by atoms with Gasteiger partial charge in [0, 0.05) is 6.92 Å². The van der Waals surface area contributed by atoms with Crippen molar-refractivity contribution in [1.82, 2.24) is 0 Å². The highest BCUT2D eigenvalue weighted by Gasteiger charge is 2.28. The molecule has 0 aliphatic carbocycles. The number of ether oxygens (including phenoxy) is 3. The lowest BCUT2D eigenvalue weighted by Crippen LogP contribution is -2.24. The molecule has 0 heterocycles. The van der Waals surface area contributed by atoms with Crippen LogP contribution in [0.5, 0.6) is 0 Å². The Kier molecular flexibility index (Phi) is 20.2. The second-order valence-corrected chi connectivity index (χ2v) is 9.77. The highest BCUT2D eigenvalue weighted by molar-refractivity contribution is 6.48. The first-order chi connectivity index (χ1) is 14.9. The van der Waals surface area contributed by atoms with Crippen LogP contribution < -0.4 is 0 Å². The van der Waals surface area contributed by atoms with E-state index >= 15 is 0 Å². The summed E-state index contributed by atoms with van der Waals surface area (Å²) >= 11 is 12.0. The third kappa shape index (κ3) is 18.6. The van der Waals surface area contributed by atoms with Gasteiger partial charge in [-0.25, -0.2) is 0 Å². The maximum absolute atomic E-state index is 11.6. The van der Waals surface area contributed by atoms with Gasteiger partial charge in [0.05, 0.1) is 25.0 Å². The van der Waals surface area contributed by atoms with Crippen LogP contribution in [0.3, 0.4) is 0 Å². The summed E-state index contributed by atoms with van der Waals surface area (Å²) in [7, 11) is 0. The molecule has 3 atom stereocenters. The van der Waals surface area contributed by atoms with Crippen LogP contribution in [0.4, 0.5) is 0 Å². The monoisotopic (exact) mass is 498 g/mol. The number of alkyl halides is 2. The van der Waals surface area contributed by atoms with E-state index in [1.807, 2.05) is 20.8 Å². The zero-order chi connectivity index (χ0) is 25.2. The minimum absolute atomic E-state index is 0.193. The molecule has 0 aliphatic heterocycles. The highest BCUT2D eigenvalue weighted by Crippen LogP contribution is 2.32. The second kappa shape index (κ2) is 19.5. The van der Waals surface area contributed by atoms with Gasteiger partial charge in [-0.15, -0.1) is 23.2 Å². The summed E-state index contributed by atoms with van der Waals surface area (Å²) in [6.07, 6.45) is 5.94. The average molecular weight is 500 g/mol. The summed E-state index contributed by atoms with van der Waals surface area (Å²) in [5.41, 5.74) is 0. The zero-order valence-corrected chi connectivity index (χ0v) is 22.5. The molecule has 0 saturated carbocycles. The van der Waals surface area contributed by atoms with E-state index < -0.39 is 4.33 Å². The number of esters is 3. The van der Waals surface area contributed by atoms with Crippen LogP contribution >= 0.6 is 23.2 Å². The molecule has 0 aliphatic rings. The number of carbonyl (C=O) groups is 3. The first-order valence-corrected chi connectivity index (χ1v) is 12.6. The first-order valence-electron chi connectivity index (χ1n) is 11.8. The fraction of sp³-hybridized carbons (Fsp3) is 0.875. The molecular weight excluding hydrogens is 455 g/mol. The van der Waals surface area contributed by atoms with Crippen LogP contribution in [0.25, 0.3) is 0 Å². The summed E-state index contributed by atoms with van der Waals surface area (Å²) in [5, 5.41) is 0. The van der Waals surface area contributed by atoms with Crippen LogP contribution in [0.2, 0.25) is 0 Å². The smallest absolute Gasteiger partial charge is 0.308 e. The lowest BCUT2D eigenvalue weighted by atomic mass is 10.0. The molecule has 0 fully saturated rings. The van der Waals surface area contributed by atoms with Crippen molar-refractivity contribution in [3.8, 4) is 0 Å². The molecule has 0 aromatic rings. The summed E-state index contributed by atoms with van der Waals surface area (Å²) in [6.45, 7) is 13.9. The fourth-order valence-electron chi connectivity index (χ4n) is 2.62. The van der Waals surface area contributed by atoms with Crippen molar-refractivity contribution in [3.05, 3.63) is 0 Å². The van der Waals surface area contributed by atoms with Crippen molar-refractivity contribution in [3.63, 3.8) is 0 Å². The Morgan fingerprint density at radius 2 is 1.31 bits per heavy atom. The largest absolute Gasteiger partial charge is 0.465 e. The van der Waals surface area contributed by atoms with Crippen molar-refractivity contribution in [2.75, 3.05) is 13.2 Å². The average Bonchev–Trinajstić information content (AvgIpc) is 2.73. The van der Waals surface area contributed by atoms with Crippen molar-refractivity contribution < 1.29 is 28.6 Å². The van der Waals surface area contributed by atoms with E-state index in [2.05, 4.69) is 6.92 Å². The normalized spacial score (nSPS) is 13.8. The van der Waals surface area contributed by atoms with E-state index in [-0.39, 0.29) is 35.8 Å². The molecule has 0 amide bonds. The van der Waals surface area contributed by atoms with Crippen LogP contribution in [-0.2, 0) is 28.6 Å². The van der Waals surface area contributed by atoms with Gasteiger partial charge in [0.25, 0.3) is 0 Å². The lowest BCUT2D eigenvalue weighted by Gasteiger charge is -2.20. The molecule has 6 nitrogen and oxygen atoms in total. The Balaban J connectivity index is 0. The van der Waals surface area contributed by atoms with Crippen molar-refractivity contribution in [2.24, 2.45) is 11.8 Å². The summed E-state index contributed by atoms with van der Waals surface area (Å²) in [6, 6.07) is 0. The number of hydrogen-bond acceptors (Lipinski definition) is 6. The number of hydrogen-bond donors (Lipinski definition) is 0. The van der Waals surface area contributed by atoms with Gasteiger partial charge in [0.15, 0.2) is 0 Å². The number of rotatable bonds is 15. The van der Waals surface area contributed by atoms with Gasteiger partial charge < -0.3 is 14.2 Å². The maximum Gasteiger partial charge on any atom is 0.308 e. The van der Waals surface area contributed by atoms with Crippen LogP contribution in [0, 0.1) is 11.8 Å². The topological polar surface area (TPSA) is 78.9 Å². The van der Waals surface area contributed by atoms with Gasteiger partial charge in [-0.05, 0) is 38.5 Å². The number of carbonyl (C=O) groups excluding carboxylic acids is 3. The number of unbranched alkanes of at least 4 members (excludes halogenated alkanes) is 2. The van der Waals surface area contributed by atoms with Gasteiger partial charge in [-0.2, -0.15) is 0 Å². The van der Waals surface area contributed by atoms with E-state index in [0.29, 0.717) is 38.9 Å². The van der Waals surface area contributed by atoms with E-state index in [9.17, 15) is 14.4 Å². The van der Waals surface area contributed by atoms with E-state index in [1.54, 1.807) is 13.8 Å². The fourth-order valence-corrected chi connectivity index (χ4v) is 3.08. The molecule has 0 saturated heterocycles. The Bertz CT molecular complexity index is 525. The van der Waals surface area contributed by atoms with Gasteiger partial charge in [0.1, 0.15) is 10.4 Å². The van der Waals surface area contributed by atoms with Gasteiger partial charge in [-0.1, -0.05) is 54.4 Å². The van der Waals surface area contributed by atoms with Crippen LogP contribution in [0.1, 0.15) is 99.8 Å². The Hall–Kier alpha value is -1.01. The van der Waals surface area contributed by atoms with Crippen LogP contribution in [-0.4, -0.2) is 41.6 Å². The third-order valence-corrected chi connectivity index (χ3v) is 5.66. The molecule has 32 heavy (non-hydrogen) atoms. The molecule has 3 unspecified atom stereocenters. The van der Waals surface area contributed by atoms with E-state index in [0.717, 1.165) is 25.7 Å². The minimum Gasteiger partial charge on any atom is -0.465 e. The lowest BCUT2D eigenvalue weighted by molar-refractivity contribution is -0.154. The molecule has 0 N–H and O–H groups in total. The maximum atomic E-state index is 11.6. The molecule has 0 radical (unpaired) electrons. The van der Waals surface area contributed by atoms with Crippen molar-refractivity contribution in [1.29, 1.82) is 0 Å². The molecule has 0 spiro atoms. The predicted molar refractivity (Wildman–Crippen MR) is 130 cm³/mol. The Morgan fingerprint density at radius 3 is 1.69 bits per heavy atom. The van der Waals surface area contributed by atoms with Gasteiger partial charge in [0.2, 0.25) is 0 Å². The molecule has 0 bridgehead atoms. The Labute approximate surface area is 205 Å². The molecule has 0 aromatic carbocycles. The zero-order valence-electron chi connectivity index (χ0n) is 21.0. The van der Waals surface area contributed by atoms with E-state index in [1.165, 1.54) is 6.92 Å². The molecule has 0 aromatic heterocycles. The summed E-state index contributed by atoms with van der Waals surface area (Å²) in [4.78, 5) is 33.9. The molecule has 190 valence electrons. The predicted octanol–water partition coefficient (Wildman–Crippen LogP) is 6.64. The molecular formula is C24H44Cl2O6. The molecule has 0 rings (SSSR count). The summed E-state index contributed by atoms with van der Waals surface area (Å²) in [5.74, 6) is -1.18. The first kappa shape index (κ1) is 33.2. The number of halogens is 2. The highest BCUT2D eigenvalue weighted by atomic mass is 35.5. The van der Waals surface area contributed by atoms with Crippen molar-refractivity contribution >= 4 is 41.1 Å². The van der Waals surface area contributed by atoms with Gasteiger partial charge >= 0.3 is 17.9 Å². The second-order valence-electron chi connectivity index (χ2n) is 8.13. The van der Waals surface area contributed by atoms with Gasteiger partial charge in [-0.3, -0.25) is 14.4 Å². The minimum atomic E-state index is -0.816. The molecule has 8 heteroatoms. The Morgan fingerprint density at radius 1 is 0.844 bits per heavy atom. The SMILES string of the molecule is CCCCOC(=O)C(C)CC(CC)OC(C)=O.CCCCOC(=O)C(C)CC(Cl)(Cl)CC. The van der Waals surface area contributed by atoms with E-state index in [4.69, 9.17) is 37.4 Å².